The van der Waals surface area contributed by atoms with Crippen LogP contribution in [0.15, 0.2) is 53.5 Å². The fourth-order valence-corrected chi connectivity index (χ4v) is 3.19. The summed E-state index contributed by atoms with van der Waals surface area (Å²) in [6.07, 6.45) is 0.472. The van der Waals surface area contributed by atoms with Gasteiger partial charge in [-0.15, -0.1) is 0 Å². The van der Waals surface area contributed by atoms with E-state index in [0.717, 1.165) is 35.1 Å². The maximum absolute atomic E-state index is 12.0. The van der Waals surface area contributed by atoms with E-state index in [0.29, 0.717) is 19.5 Å². The molecule has 0 radical (unpaired) electrons. The first kappa shape index (κ1) is 18.8. The lowest BCUT2D eigenvalue weighted by atomic mass is 9.90. The molecule has 0 spiro atoms. The van der Waals surface area contributed by atoms with E-state index in [2.05, 4.69) is 27.0 Å². The highest BCUT2D eigenvalue weighted by Crippen LogP contribution is 2.31. The van der Waals surface area contributed by atoms with Gasteiger partial charge in [-0.25, -0.2) is 4.99 Å². The molecule has 1 unspecified atom stereocenters. The molecule has 1 atom stereocenters. The number of rotatable bonds is 6. The molecule has 2 aromatic carbocycles. The van der Waals surface area contributed by atoms with E-state index >= 15 is 0 Å². The number of aliphatic imine (C=N–C) groups is 1. The van der Waals surface area contributed by atoms with Crippen molar-refractivity contribution in [3.63, 3.8) is 0 Å². The zero-order chi connectivity index (χ0) is 19.1. The van der Waals surface area contributed by atoms with Crippen molar-refractivity contribution < 1.29 is 9.53 Å². The third-order valence-corrected chi connectivity index (χ3v) is 4.52. The van der Waals surface area contributed by atoms with E-state index in [1.165, 1.54) is 0 Å². The van der Waals surface area contributed by atoms with Crippen molar-refractivity contribution in [2.45, 2.75) is 25.8 Å². The van der Waals surface area contributed by atoms with Crippen molar-refractivity contribution >= 4 is 17.6 Å². The number of hydrogen-bond acceptors (Lipinski definition) is 3. The van der Waals surface area contributed by atoms with Gasteiger partial charge < -0.3 is 20.7 Å². The highest BCUT2D eigenvalue weighted by Gasteiger charge is 2.24. The predicted octanol–water partition coefficient (Wildman–Crippen LogP) is 2.88. The number of hydrogen-bond donors (Lipinski definition) is 3. The Morgan fingerprint density at radius 2 is 2.07 bits per heavy atom. The first-order chi connectivity index (χ1) is 13.2. The highest BCUT2D eigenvalue weighted by atomic mass is 16.5. The number of methoxy groups -OCH3 is 1. The molecule has 6 heteroatoms. The fraction of sp³-hybridized carbons (Fsp3) is 0.333. The SMILES string of the molecule is CCNC(=NCc1cccc(OC)c1)NCC1CC(=O)Nc2ccccc21. The largest absolute Gasteiger partial charge is 0.497 e. The quantitative estimate of drug-likeness (QED) is 0.543. The van der Waals surface area contributed by atoms with Crippen LogP contribution in [0.2, 0.25) is 0 Å². The summed E-state index contributed by atoms with van der Waals surface area (Å²) >= 11 is 0. The van der Waals surface area contributed by atoms with Gasteiger partial charge in [0.05, 0.1) is 13.7 Å². The van der Waals surface area contributed by atoms with E-state index in [-0.39, 0.29) is 11.8 Å². The molecule has 27 heavy (non-hydrogen) atoms. The average Bonchev–Trinajstić information content (AvgIpc) is 2.70. The molecule has 6 nitrogen and oxygen atoms in total. The molecular weight excluding hydrogens is 340 g/mol. The molecule has 0 fully saturated rings. The Labute approximate surface area is 160 Å². The number of fused-ring (bicyclic) bond motifs is 1. The summed E-state index contributed by atoms with van der Waals surface area (Å²) in [6.45, 7) is 4.00. The number of carbonyl (C=O) groups is 1. The van der Waals surface area contributed by atoms with Gasteiger partial charge in [-0.05, 0) is 36.2 Å². The Morgan fingerprint density at radius 1 is 1.22 bits per heavy atom. The summed E-state index contributed by atoms with van der Waals surface area (Å²) in [7, 11) is 1.66. The Balaban J connectivity index is 1.67. The molecule has 3 rings (SSSR count). The number of benzene rings is 2. The number of anilines is 1. The van der Waals surface area contributed by atoms with E-state index < -0.39 is 0 Å². The summed E-state index contributed by atoms with van der Waals surface area (Å²) in [5, 5.41) is 9.58. The van der Waals surface area contributed by atoms with Gasteiger partial charge >= 0.3 is 0 Å². The number of para-hydroxylation sites is 1. The highest BCUT2D eigenvalue weighted by molar-refractivity contribution is 5.94. The van der Waals surface area contributed by atoms with E-state index in [1.54, 1.807) is 7.11 Å². The van der Waals surface area contributed by atoms with E-state index in [9.17, 15) is 4.79 Å². The van der Waals surface area contributed by atoms with E-state index in [1.807, 2.05) is 49.4 Å². The third-order valence-electron chi connectivity index (χ3n) is 4.52. The first-order valence-corrected chi connectivity index (χ1v) is 9.23. The fourth-order valence-electron chi connectivity index (χ4n) is 3.19. The number of amides is 1. The zero-order valence-corrected chi connectivity index (χ0v) is 15.8. The van der Waals surface area contributed by atoms with Gasteiger partial charge in [-0.1, -0.05) is 30.3 Å². The van der Waals surface area contributed by atoms with Crippen molar-refractivity contribution in [3.05, 3.63) is 59.7 Å². The van der Waals surface area contributed by atoms with Gasteiger partial charge in [-0.2, -0.15) is 0 Å². The molecule has 1 aliphatic rings. The molecule has 1 aliphatic heterocycles. The van der Waals surface area contributed by atoms with Crippen molar-refractivity contribution in [2.24, 2.45) is 4.99 Å². The van der Waals surface area contributed by atoms with Gasteiger partial charge in [0.2, 0.25) is 5.91 Å². The third kappa shape index (κ3) is 5.00. The second-order valence-electron chi connectivity index (χ2n) is 6.46. The normalized spacial score (nSPS) is 16.3. The second-order valence-corrected chi connectivity index (χ2v) is 6.46. The minimum atomic E-state index is 0.0545. The maximum atomic E-state index is 12.0. The van der Waals surface area contributed by atoms with Crippen LogP contribution in [0.1, 0.15) is 30.4 Å². The summed E-state index contributed by atoms with van der Waals surface area (Å²) in [6, 6.07) is 15.8. The average molecular weight is 366 g/mol. The van der Waals surface area contributed by atoms with Crippen LogP contribution in [-0.2, 0) is 11.3 Å². The van der Waals surface area contributed by atoms with Crippen LogP contribution >= 0.6 is 0 Å². The molecule has 1 amide bonds. The second kappa shape index (κ2) is 9.07. The Kier molecular flexibility index (Phi) is 6.30. The van der Waals surface area contributed by atoms with Crippen molar-refractivity contribution in [1.82, 2.24) is 10.6 Å². The van der Waals surface area contributed by atoms with Crippen LogP contribution in [-0.4, -0.2) is 32.1 Å². The van der Waals surface area contributed by atoms with Gasteiger partial charge in [0.1, 0.15) is 5.75 Å². The number of carbonyl (C=O) groups excluding carboxylic acids is 1. The molecule has 142 valence electrons. The molecule has 2 aromatic rings. The molecular formula is C21H26N4O2. The zero-order valence-electron chi connectivity index (χ0n) is 15.8. The van der Waals surface area contributed by atoms with Gasteiger partial charge in [0.15, 0.2) is 5.96 Å². The van der Waals surface area contributed by atoms with Gasteiger partial charge in [-0.3, -0.25) is 4.79 Å². The lowest BCUT2D eigenvalue weighted by molar-refractivity contribution is -0.116. The predicted molar refractivity (Wildman–Crippen MR) is 108 cm³/mol. The molecule has 0 bridgehead atoms. The minimum Gasteiger partial charge on any atom is -0.497 e. The van der Waals surface area contributed by atoms with Crippen LogP contribution in [0.25, 0.3) is 0 Å². The maximum Gasteiger partial charge on any atom is 0.225 e. The summed E-state index contributed by atoms with van der Waals surface area (Å²) in [4.78, 5) is 16.6. The topological polar surface area (TPSA) is 74.8 Å². The monoisotopic (exact) mass is 366 g/mol. The first-order valence-electron chi connectivity index (χ1n) is 9.23. The number of nitrogens with zero attached hydrogens (tertiary/aromatic N) is 1. The van der Waals surface area contributed by atoms with Crippen LogP contribution in [0.4, 0.5) is 5.69 Å². The van der Waals surface area contributed by atoms with Crippen LogP contribution in [0.5, 0.6) is 5.75 Å². The lowest BCUT2D eigenvalue weighted by Crippen LogP contribution is -2.40. The van der Waals surface area contributed by atoms with Crippen LogP contribution in [0.3, 0.4) is 0 Å². The standard InChI is InChI=1S/C21H26N4O2/c1-3-22-21(23-13-15-7-6-8-17(11-15)27-2)24-14-16-12-20(26)25-19-10-5-4-9-18(16)19/h4-11,16H,3,12-14H2,1-2H3,(H,25,26)(H2,22,23,24). The number of ether oxygens (including phenoxy) is 1. The summed E-state index contributed by atoms with van der Waals surface area (Å²) in [5.74, 6) is 1.74. The minimum absolute atomic E-state index is 0.0545. The Morgan fingerprint density at radius 3 is 2.89 bits per heavy atom. The summed E-state index contributed by atoms with van der Waals surface area (Å²) < 4.78 is 5.26. The molecule has 0 saturated carbocycles. The smallest absolute Gasteiger partial charge is 0.225 e. The molecule has 1 heterocycles. The molecule has 3 N–H and O–H groups in total. The van der Waals surface area contributed by atoms with Crippen molar-refractivity contribution in [2.75, 3.05) is 25.5 Å². The number of nitrogens with one attached hydrogen (secondary N) is 3. The molecule has 0 aliphatic carbocycles. The molecule has 0 saturated heterocycles. The van der Waals surface area contributed by atoms with Gasteiger partial charge in [0, 0.05) is 31.1 Å². The van der Waals surface area contributed by atoms with Crippen molar-refractivity contribution in [1.29, 1.82) is 0 Å². The Hall–Kier alpha value is -3.02. The number of guanidine groups is 1. The summed E-state index contributed by atoms with van der Waals surface area (Å²) in [5.41, 5.74) is 3.14. The van der Waals surface area contributed by atoms with Gasteiger partial charge in [0.25, 0.3) is 0 Å². The lowest BCUT2D eigenvalue weighted by Gasteiger charge is -2.26. The van der Waals surface area contributed by atoms with E-state index in [4.69, 9.17) is 4.74 Å². The van der Waals surface area contributed by atoms with Crippen LogP contribution < -0.4 is 20.7 Å². The van der Waals surface area contributed by atoms with Crippen molar-refractivity contribution in [3.8, 4) is 5.75 Å². The molecule has 0 aromatic heterocycles. The van der Waals surface area contributed by atoms with Crippen LogP contribution in [0, 0.1) is 0 Å². The Bertz CT molecular complexity index is 819.